The Morgan fingerprint density at radius 1 is 1.04 bits per heavy atom. The summed E-state index contributed by atoms with van der Waals surface area (Å²) < 4.78 is 28.4. The number of carbonyl (C=O) groups is 1. The van der Waals surface area contributed by atoms with E-state index in [-0.39, 0.29) is 11.6 Å². The lowest BCUT2D eigenvalue weighted by molar-refractivity contribution is 0.101. The van der Waals surface area contributed by atoms with Crippen LogP contribution in [0.2, 0.25) is 0 Å². The molecular weight excluding hydrogens is 362 g/mol. The Balaban J connectivity index is 1.65. The van der Waals surface area contributed by atoms with E-state index >= 15 is 0 Å². The van der Waals surface area contributed by atoms with Gasteiger partial charge in [0.15, 0.2) is 5.82 Å². The third-order valence-electron chi connectivity index (χ3n) is 4.47. The molecule has 5 nitrogen and oxygen atoms in total. The molecule has 0 unspecified atom stereocenters. The summed E-state index contributed by atoms with van der Waals surface area (Å²) in [6.45, 7) is 3.50. The van der Waals surface area contributed by atoms with Gasteiger partial charge in [-0.1, -0.05) is 12.1 Å². The first-order chi connectivity index (χ1) is 13.4. The van der Waals surface area contributed by atoms with E-state index in [2.05, 4.69) is 15.4 Å². The molecule has 28 heavy (non-hydrogen) atoms. The number of rotatable bonds is 3. The number of nitrogens with zero attached hydrogens (tertiary/aromatic N) is 3. The molecule has 7 heteroatoms. The first-order valence-electron chi connectivity index (χ1n) is 8.61. The van der Waals surface area contributed by atoms with Gasteiger partial charge in [0.1, 0.15) is 11.6 Å². The molecule has 0 spiro atoms. The Kier molecular flexibility index (Phi) is 4.35. The van der Waals surface area contributed by atoms with Crippen molar-refractivity contribution in [3.8, 4) is 11.4 Å². The topological polar surface area (TPSA) is 59.8 Å². The lowest BCUT2D eigenvalue weighted by Crippen LogP contribution is -2.25. The summed E-state index contributed by atoms with van der Waals surface area (Å²) >= 11 is 0. The lowest BCUT2D eigenvalue weighted by Gasteiger charge is -2.12. The van der Waals surface area contributed by atoms with Gasteiger partial charge in [-0.2, -0.15) is 0 Å². The van der Waals surface area contributed by atoms with Crippen molar-refractivity contribution in [3.05, 3.63) is 83.3 Å². The van der Waals surface area contributed by atoms with Gasteiger partial charge in [0.2, 0.25) is 0 Å². The molecule has 2 aromatic heterocycles. The molecule has 1 N–H and O–H groups in total. The SMILES string of the molecule is Cc1nc(-c2cccc(F)c2)ncc1C(=O)Nn1c(C)cc2cc(F)ccc21. The summed E-state index contributed by atoms with van der Waals surface area (Å²) in [5, 5.41) is 0.687. The molecule has 4 rings (SSSR count). The zero-order valence-corrected chi connectivity index (χ0v) is 15.2. The second-order valence-electron chi connectivity index (χ2n) is 6.47. The highest BCUT2D eigenvalue weighted by atomic mass is 19.1. The minimum Gasteiger partial charge on any atom is -0.267 e. The zero-order valence-electron chi connectivity index (χ0n) is 15.2. The lowest BCUT2D eigenvalue weighted by atomic mass is 10.2. The summed E-state index contributed by atoms with van der Waals surface area (Å²) in [6.07, 6.45) is 1.42. The predicted molar refractivity (Wildman–Crippen MR) is 102 cm³/mol. The Morgan fingerprint density at radius 3 is 2.57 bits per heavy atom. The van der Waals surface area contributed by atoms with Gasteiger partial charge in [-0.15, -0.1) is 0 Å². The van der Waals surface area contributed by atoms with Gasteiger partial charge in [0.05, 0.1) is 16.8 Å². The zero-order chi connectivity index (χ0) is 19.8. The molecule has 0 aliphatic carbocycles. The molecule has 1 amide bonds. The molecule has 0 aliphatic rings. The standard InChI is InChI=1S/C21H16F2N4O/c1-12-8-15-10-17(23)6-7-19(15)27(12)26-21(28)18-11-24-20(25-13(18)2)14-4-3-5-16(22)9-14/h3-11H,1-2H3,(H,26,28). The fourth-order valence-electron chi connectivity index (χ4n) is 3.09. The number of carbonyl (C=O) groups excluding carboxylic acids is 1. The van der Waals surface area contributed by atoms with E-state index < -0.39 is 5.91 Å². The van der Waals surface area contributed by atoms with Crippen LogP contribution in [0, 0.1) is 25.5 Å². The summed E-state index contributed by atoms with van der Waals surface area (Å²) in [5.41, 5.74) is 5.52. The highest BCUT2D eigenvalue weighted by molar-refractivity contribution is 6.01. The molecule has 0 bridgehead atoms. The van der Waals surface area contributed by atoms with Crippen molar-refractivity contribution < 1.29 is 13.6 Å². The minimum atomic E-state index is -0.395. The number of aryl methyl sites for hydroxylation is 2. The van der Waals surface area contributed by atoms with Crippen LogP contribution >= 0.6 is 0 Å². The van der Waals surface area contributed by atoms with Gasteiger partial charge in [-0.3, -0.25) is 14.9 Å². The molecule has 2 heterocycles. The maximum absolute atomic E-state index is 13.4. The van der Waals surface area contributed by atoms with Crippen LogP contribution in [0.15, 0.2) is 54.7 Å². The first-order valence-corrected chi connectivity index (χ1v) is 8.61. The third-order valence-corrected chi connectivity index (χ3v) is 4.47. The third kappa shape index (κ3) is 3.22. The molecule has 0 radical (unpaired) electrons. The van der Waals surface area contributed by atoms with E-state index in [9.17, 15) is 13.6 Å². The fraction of sp³-hybridized carbons (Fsp3) is 0.0952. The van der Waals surface area contributed by atoms with Crippen LogP contribution in [0.25, 0.3) is 22.3 Å². The molecule has 2 aromatic carbocycles. The molecule has 0 atom stereocenters. The van der Waals surface area contributed by atoms with Crippen LogP contribution < -0.4 is 5.43 Å². The van der Waals surface area contributed by atoms with E-state index in [0.717, 1.165) is 5.69 Å². The van der Waals surface area contributed by atoms with E-state index in [4.69, 9.17) is 0 Å². The molecule has 0 saturated carbocycles. The minimum absolute atomic E-state index is 0.295. The van der Waals surface area contributed by atoms with Crippen molar-refractivity contribution in [2.75, 3.05) is 5.43 Å². The van der Waals surface area contributed by atoms with Gasteiger partial charge >= 0.3 is 0 Å². The van der Waals surface area contributed by atoms with Gasteiger partial charge < -0.3 is 0 Å². The number of hydrogen-bond acceptors (Lipinski definition) is 3. The van der Waals surface area contributed by atoms with Gasteiger partial charge in [-0.05, 0) is 50.2 Å². The summed E-state index contributed by atoms with van der Waals surface area (Å²) in [4.78, 5) is 21.3. The van der Waals surface area contributed by atoms with Crippen molar-refractivity contribution in [1.82, 2.24) is 14.6 Å². The monoisotopic (exact) mass is 378 g/mol. The van der Waals surface area contributed by atoms with Crippen LogP contribution in [-0.2, 0) is 0 Å². The number of amides is 1. The second kappa shape index (κ2) is 6.84. The van der Waals surface area contributed by atoms with E-state index in [1.807, 2.05) is 6.92 Å². The van der Waals surface area contributed by atoms with Crippen molar-refractivity contribution in [3.63, 3.8) is 0 Å². The van der Waals surface area contributed by atoms with Crippen LogP contribution in [-0.4, -0.2) is 20.6 Å². The summed E-state index contributed by atoms with van der Waals surface area (Å²) in [5.74, 6) is -0.778. The molecule has 4 aromatic rings. The first kappa shape index (κ1) is 17.8. The number of aromatic nitrogens is 3. The highest BCUT2D eigenvalue weighted by Crippen LogP contribution is 2.21. The van der Waals surface area contributed by atoms with Crippen LogP contribution in [0.4, 0.5) is 8.78 Å². The highest BCUT2D eigenvalue weighted by Gasteiger charge is 2.15. The van der Waals surface area contributed by atoms with Crippen molar-refractivity contribution in [2.45, 2.75) is 13.8 Å². The second-order valence-corrected chi connectivity index (χ2v) is 6.47. The Hall–Kier alpha value is -3.61. The molecular formula is C21H16F2N4O. The maximum Gasteiger partial charge on any atom is 0.273 e. The molecule has 0 aliphatic heterocycles. The van der Waals surface area contributed by atoms with E-state index in [1.54, 1.807) is 35.9 Å². The van der Waals surface area contributed by atoms with Crippen LogP contribution in [0.1, 0.15) is 21.7 Å². The molecule has 140 valence electrons. The largest absolute Gasteiger partial charge is 0.273 e. The Morgan fingerprint density at radius 2 is 1.82 bits per heavy atom. The smallest absolute Gasteiger partial charge is 0.267 e. The van der Waals surface area contributed by atoms with Crippen LogP contribution in [0.3, 0.4) is 0 Å². The Labute approximate surface area is 159 Å². The Bertz CT molecular complexity index is 1220. The average Bonchev–Trinajstić information content (AvgIpc) is 2.96. The molecule has 0 fully saturated rings. The number of nitrogens with one attached hydrogen (secondary N) is 1. The van der Waals surface area contributed by atoms with Gasteiger partial charge in [0.25, 0.3) is 5.91 Å². The van der Waals surface area contributed by atoms with Crippen molar-refractivity contribution in [2.24, 2.45) is 0 Å². The van der Waals surface area contributed by atoms with E-state index in [1.165, 1.54) is 30.5 Å². The number of halogens is 2. The van der Waals surface area contributed by atoms with Gasteiger partial charge in [-0.25, -0.2) is 18.7 Å². The molecule has 0 saturated heterocycles. The van der Waals surface area contributed by atoms with Crippen LogP contribution in [0.5, 0.6) is 0 Å². The van der Waals surface area contributed by atoms with Crippen molar-refractivity contribution in [1.29, 1.82) is 0 Å². The quantitative estimate of drug-likeness (QED) is 0.576. The fourth-order valence-corrected chi connectivity index (χ4v) is 3.09. The predicted octanol–water partition coefficient (Wildman–Crippen LogP) is 4.38. The number of fused-ring (bicyclic) bond motifs is 1. The number of hydrogen-bond donors (Lipinski definition) is 1. The maximum atomic E-state index is 13.4. The average molecular weight is 378 g/mol. The van der Waals surface area contributed by atoms with Gasteiger partial charge in [0, 0.05) is 22.8 Å². The summed E-state index contributed by atoms with van der Waals surface area (Å²) in [6, 6.07) is 12.1. The number of benzene rings is 2. The normalized spacial score (nSPS) is 11.0. The van der Waals surface area contributed by atoms with E-state index in [0.29, 0.717) is 33.5 Å². The summed E-state index contributed by atoms with van der Waals surface area (Å²) in [7, 11) is 0. The van der Waals surface area contributed by atoms with Crippen molar-refractivity contribution >= 4 is 16.8 Å².